The number of rotatable bonds is 2. The second-order valence-corrected chi connectivity index (χ2v) is 4.58. The molecule has 0 aromatic carbocycles. The minimum atomic E-state index is -0.772. The van der Waals surface area contributed by atoms with Gasteiger partial charge in [0, 0.05) is 0 Å². The molecule has 74 valence electrons. The molecule has 3 atom stereocenters. The third kappa shape index (κ3) is 1.26. The van der Waals surface area contributed by atoms with E-state index in [0.29, 0.717) is 18.3 Å². The van der Waals surface area contributed by atoms with E-state index in [4.69, 9.17) is 9.84 Å². The molecule has 1 aliphatic carbocycles. The van der Waals surface area contributed by atoms with E-state index in [0.717, 1.165) is 12.8 Å². The quantitative estimate of drug-likeness (QED) is 0.664. The highest BCUT2D eigenvalue weighted by atomic mass is 16.6. The minimum absolute atomic E-state index is 0.00569. The summed E-state index contributed by atoms with van der Waals surface area (Å²) >= 11 is 0. The maximum Gasteiger partial charge on any atom is 0.338 e. The van der Waals surface area contributed by atoms with Gasteiger partial charge < -0.3 is 9.84 Å². The molecule has 2 fully saturated rings. The van der Waals surface area contributed by atoms with Crippen LogP contribution in [0.5, 0.6) is 0 Å². The number of hydrogen-bond donors (Lipinski definition) is 1. The number of ether oxygens (including phenoxy) is 1. The van der Waals surface area contributed by atoms with Crippen LogP contribution in [-0.4, -0.2) is 22.8 Å². The molecule has 1 heterocycles. The summed E-state index contributed by atoms with van der Waals surface area (Å²) in [6.45, 7) is 4.39. The summed E-state index contributed by atoms with van der Waals surface area (Å²) in [5.41, 5.74) is -0.772. The highest BCUT2D eigenvalue weighted by molar-refractivity contribution is 5.81. The van der Waals surface area contributed by atoms with Gasteiger partial charge in [-0.05, 0) is 31.1 Å². The van der Waals surface area contributed by atoms with Gasteiger partial charge in [-0.1, -0.05) is 13.8 Å². The molecule has 0 aromatic rings. The number of carboxylic acids is 1. The number of aliphatic carboxylic acids is 1. The van der Waals surface area contributed by atoms with Crippen molar-refractivity contribution < 1.29 is 14.6 Å². The molecule has 3 nitrogen and oxygen atoms in total. The lowest BCUT2D eigenvalue weighted by Crippen LogP contribution is -2.33. The molecular formula is C10H16O3. The monoisotopic (exact) mass is 184 g/mol. The normalized spacial score (nSPS) is 43.0. The lowest BCUT2D eigenvalue weighted by atomic mass is 9.77. The van der Waals surface area contributed by atoms with E-state index in [1.807, 2.05) is 0 Å². The van der Waals surface area contributed by atoms with Gasteiger partial charge in [0.25, 0.3) is 0 Å². The van der Waals surface area contributed by atoms with Gasteiger partial charge >= 0.3 is 5.97 Å². The predicted octanol–water partition coefficient (Wildman–Crippen LogP) is 1.66. The Morgan fingerprint density at radius 2 is 2.31 bits per heavy atom. The maximum atomic E-state index is 10.9. The van der Waals surface area contributed by atoms with Gasteiger partial charge in [-0.15, -0.1) is 0 Å². The third-order valence-corrected chi connectivity index (χ3v) is 3.52. The van der Waals surface area contributed by atoms with Crippen LogP contribution in [0.1, 0.15) is 33.1 Å². The number of hydrogen-bond acceptors (Lipinski definition) is 2. The van der Waals surface area contributed by atoms with Crippen molar-refractivity contribution in [3.8, 4) is 0 Å². The Morgan fingerprint density at radius 3 is 2.77 bits per heavy atom. The summed E-state index contributed by atoms with van der Waals surface area (Å²) in [5, 5.41) is 8.94. The highest BCUT2D eigenvalue weighted by Crippen LogP contribution is 2.51. The molecule has 0 bridgehead atoms. The first kappa shape index (κ1) is 9.00. The van der Waals surface area contributed by atoms with Gasteiger partial charge in [0.05, 0.1) is 6.10 Å². The van der Waals surface area contributed by atoms with E-state index in [1.54, 1.807) is 0 Å². The first-order valence-corrected chi connectivity index (χ1v) is 4.97. The average Bonchev–Trinajstić information content (AvgIpc) is 2.77. The Bertz CT molecular complexity index is 236. The van der Waals surface area contributed by atoms with Crippen LogP contribution in [0.15, 0.2) is 0 Å². The molecule has 2 rings (SSSR count). The number of fused-ring (bicyclic) bond motifs is 1. The van der Waals surface area contributed by atoms with Crippen molar-refractivity contribution in [3.63, 3.8) is 0 Å². The highest BCUT2D eigenvalue weighted by Gasteiger charge is 2.64. The molecule has 0 radical (unpaired) electrons. The lowest BCUT2D eigenvalue weighted by molar-refractivity contribution is -0.143. The van der Waals surface area contributed by atoms with Gasteiger partial charge in [0.15, 0.2) is 5.60 Å². The first-order chi connectivity index (χ1) is 6.06. The summed E-state index contributed by atoms with van der Waals surface area (Å²) in [7, 11) is 0. The Morgan fingerprint density at radius 1 is 1.62 bits per heavy atom. The van der Waals surface area contributed by atoms with E-state index < -0.39 is 11.6 Å². The van der Waals surface area contributed by atoms with Gasteiger partial charge in [-0.2, -0.15) is 0 Å². The Kier molecular flexibility index (Phi) is 1.88. The SMILES string of the molecule is CC(C)[C@H]1CC[C@@]2(C(=O)O)OC2C1. The summed E-state index contributed by atoms with van der Waals surface area (Å²) in [5.74, 6) is 0.538. The van der Waals surface area contributed by atoms with Crippen molar-refractivity contribution in [3.05, 3.63) is 0 Å². The summed E-state index contributed by atoms with van der Waals surface area (Å²) in [6.07, 6.45) is 2.64. The van der Waals surface area contributed by atoms with Crippen LogP contribution < -0.4 is 0 Å². The van der Waals surface area contributed by atoms with Crippen molar-refractivity contribution in [1.82, 2.24) is 0 Å². The molecule has 0 aromatic heterocycles. The second kappa shape index (κ2) is 2.71. The van der Waals surface area contributed by atoms with E-state index in [1.165, 1.54) is 0 Å². The fourth-order valence-electron chi connectivity index (χ4n) is 2.37. The third-order valence-electron chi connectivity index (χ3n) is 3.52. The molecule has 13 heavy (non-hydrogen) atoms. The van der Waals surface area contributed by atoms with Gasteiger partial charge in [-0.25, -0.2) is 4.79 Å². The molecule has 0 amide bonds. The molecule has 2 aliphatic rings. The van der Waals surface area contributed by atoms with Crippen LogP contribution in [0.25, 0.3) is 0 Å². The van der Waals surface area contributed by atoms with Crippen LogP contribution in [0, 0.1) is 11.8 Å². The number of epoxide rings is 1. The number of carbonyl (C=O) groups is 1. The van der Waals surface area contributed by atoms with Crippen molar-refractivity contribution in [2.24, 2.45) is 11.8 Å². The molecule has 1 saturated carbocycles. The zero-order valence-corrected chi connectivity index (χ0v) is 8.12. The molecule has 0 spiro atoms. The minimum Gasteiger partial charge on any atom is -0.479 e. The molecule has 1 saturated heterocycles. The van der Waals surface area contributed by atoms with Crippen molar-refractivity contribution in [2.45, 2.75) is 44.8 Å². The smallest absolute Gasteiger partial charge is 0.338 e. The molecular weight excluding hydrogens is 168 g/mol. The second-order valence-electron chi connectivity index (χ2n) is 4.58. The largest absolute Gasteiger partial charge is 0.479 e. The zero-order valence-electron chi connectivity index (χ0n) is 8.12. The van der Waals surface area contributed by atoms with E-state index >= 15 is 0 Å². The summed E-state index contributed by atoms with van der Waals surface area (Å²) in [4.78, 5) is 10.9. The van der Waals surface area contributed by atoms with Crippen LogP contribution in [0.4, 0.5) is 0 Å². The van der Waals surface area contributed by atoms with Crippen LogP contribution in [0.3, 0.4) is 0 Å². The molecule has 1 N–H and O–H groups in total. The molecule has 1 unspecified atom stereocenters. The van der Waals surface area contributed by atoms with Crippen LogP contribution in [-0.2, 0) is 9.53 Å². The fraction of sp³-hybridized carbons (Fsp3) is 0.900. The van der Waals surface area contributed by atoms with Gasteiger partial charge in [0.1, 0.15) is 0 Å². The van der Waals surface area contributed by atoms with Crippen molar-refractivity contribution in [1.29, 1.82) is 0 Å². The van der Waals surface area contributed by atoms with Crippen LogP contribution >= 0.6 is 0 Å². The topological polar surface area (TPSA) is 49.8 Å². The average molecular weight is 184 g/mol. The molecule has 3 heteroatoms. The standard InChI is InChI=1S/C10H16O3/c1-6(2)7-3-4-10(9(11)12)8(5-7)13-10/h6-8H,3-5H2,1-2H3,(H,11,12)/t7-,8?,10+/m0/s1. The lowest BCUT2D eigenvalue weighted by Gasteiger charge is -2.25. The Hall–Kier alpha value is -0.570. The van der Waals surface area contributed by atoms with Crippen molar-refractivity contribution in [2.75, 3.05) is 0 Å². The van der Waals surface area contributed by atoms with Crippen LogP contribution in [0.2, 0.25) is 0 Å². The van der Waals surface area contributed by atoms with E-state index in [-0.39, 0.29) is 6.10 Å². The van der Waals surface area contributed by atoms with Gasteiger partial charge in [0.2, 0.25) is 0 Å². The number of carboxylic acid groups (broad SMARTS) is 1. The van der Waals surface area contributed by atoms with Gasteiger partial charge in [-0.3, -0.25) is 0 Å². The van der Waals surface area contributed by atoms with E-state index in [9.17, 15) is 4.79 Å². The Balaban J connectivity index is 1.99. The maximum absolute atomic E-state index is 10.9. The fourth-order valence-corrected chi connectivity index (χ4v) is 2.37. The van der Waals surface area contributed by atoms with E-state index in [2.05, 4.69) is 13.8 Å². The predicted molar refractivity (Wildman–Crippen MR) is 47.4 cm³/mol. The Labute approximate surface area is 78.1 Å². The molecule has 1 aliphatic heterocycles. The first-order valence-electron chi connectivity index (χ1n) is 4.97. The summed E-state index contributed by atoms with van der Waals surface area (Å²) < 4.78 is 5.31. The van der Waals surface area contributed by atoms with Crippen molar-refractivity contribution >= 4 is 5.97 Å². The zero-order chi connectivity index (χ0) is 9.64. The summed E-state index contributed by atoms with van der Waals surface area (Å²) in [6, 6.07) is 0.